The molecule has 1 aromatic heterocycles. The molecule has 0 aromatic carbocycles. The molecule has 2 nitrogen and oxygen atoms in total. The second-order valence-corrected chi connectivity index (χ2v) is 4.04. The number of hydrogen-bond acceptors (Lipinski definition) is 2. The molecule has 0 saturated carbocycles. The van der Waals surface area contributed by atoms with Gasteiger partial charge in [0.1, 0.15) is 0 Å². The van der Waals surface area contributed by atoms with E-state index < -0.39 is 0 Å². The molecule has 0 unspecified atom stereocenters. The van der Waals surface area contributed by atoms with Gasteiger partial charge >= 0.3 is 0 Å². The molecule has 14 heavy (non-hydrogen) atoms. The monoisotopic (exact) mass is 192 g/mol. The first-order valence-corrected chi connectivity index (χ1v) is 5.34. The minimum Gasteiger partial charge on any atom is -0.298 e. The number of hydrogen-bond donors (Lipinski definition) is 0. The van der Waals surface area contributed by atoms with Gasteiger partial charge < -0.3 is 0 Å². The van der Waals surface area contributed by atoms with Crippen molar-refractivity contribution >= 4 is 0 Å². The molecule has 2 heteroatoms. The first kappa shape index (κ1) is 11.2. The number of pyridine rings is 1. The van der Waals surface area contributed by atoms with E-state index >= 15 is 0 Å². The fraction of sp³-hybridized carbons (Fsp3) is 0.583. The molecule has 0 aliphatic rings. The largest absolute Gasteiger partial charge is 0.298 e. The molecular formula is C12H20N2. The van der Waals surface area contributed by atoms with Gasteiger partial charge in [-0.25, -0.2) is 0 Å². The Balaban J connectivity index is 2.48. The standard InChI is InChI=1S/C12H20N2/c1-4-14(9-11(2)3)10-12-7-5-6-8-13-12/h5-8,11H,4,9-10H2,1-3H3. The molecule has 0 fully saturated rings. The van der Waals surface area contributed by atoms with Crippen LogP contribution in [0.2, 0.25) is 0 Å². The fourth-order valence-corrected chi connectivity index (χ4v) is 1.54. The Morgan fingerprint density at radius 2 is 2.14 bits per heavy atom. The van der Waals surface area contributed by atoms with Gasteiger partial charge in [-0.3, -0.25) is 9.88 Å². The van der Waals surface area contributed by atoms with Crippen molar-refractivity contribution in [3.8, 4) is 0 Å². The third-order valence-electron chi connectivity index (χ3n) is 2.18. The number of aromatic nitrogens is 1. The predicted octanol–water partition coefficient (Wildman–Crippen LogP) is 2.56. The van der Waals surface area contributed by atoms with Crippen molar-refractivity contribution in [3.05, 3.63) is 30.1 Å². The second-order valence-electron chi connectivity index (χ2n) is 4.04. The van der Waals surface area contributed by atoms with Crippen LogP contribution in [0.15, 0.2) is 24.4 Å². The lowest BCUT2D eigenvalue weighted by Gasteiger charge is -2.21. The van der Waals surface area contributed by atoms with Gasteiger partial charge in [-0.15, -0.1) is 0 Å². The lowest BCUT2D eigenvalue weighted by molar-refractivity contribution is 0.245. The van der Waals surface area contributed by atoms with Crippen LogP contribution in [0.25, 0.3) is 0 Å². The van der Waals surface area contributed by atoms with Crippen molar-refractivity contribution in [1.82, 2.24) is 9.88 Å². The zero-order chi connectivity index (χ0) is 10.4. The van der Waals surface area contributed by atoms with Crippen LogP contribution in [-0.4, -0.2) is 23.0 Å². The van der Waals surface area contributed by atoms with Gasteiger partial charge in [-0.2, -0.15) is 0 Å². The average Bonchev–Trinajstić information content (AvgIpc) is 2.17. The predicted molar refractivity (Wildman–Crippen MR) is 60.0 cm³/mol. The van der Waals surface area contributed by atoms with Crippen molar-refractivity contribution in [1.29, 1.82) is 0 Å². The first-order valence-electron chi connectivity index (χ1n) is 5.34. The third-order valence-corrected chi connectivity index (χ3v) is 2.18. The van der Waals surface area contributed by atoms with Crippen molar-refractivity contribution in [3.63, 3.8) is 0 Å². The zero-order valence-corrected chi connectivity index (χ0v) is 9.40. The molecule has 0 aliphatic heterocycles. The summed E-state index contributed by atoms with van der Waals surface area (Å²) in [5.41, 5.74) is 1.16. The molecule has 0 radical (unpaired) electrons. The van der Waals surface area contributed by atoms with Gasteiger partial charge in [0.05, 0.1) is 5.69 Å². The number of rotatable bonds is 5. The highest BCUT2D eigenvalue weighted by atomic mass is 15.1. The van der Waals surface area contributed by atoms with E-state index in [1.165, 1.54) is 0 Å². The molecule has 0 amide bonds. The van der Waals surface area contributed by atoms with E-state index in [1.54, 1.807) is 0 Å². The highest BCUT2D eigenvalue weighted by molar-refractivity contribution is 5.03. The van der Waals surface area contributed by atoms with E-state index in [2.05, 4.69) is 36.7 Å². The molecule has 1 heterocycles. The maximum Gasteiger partial charge on any atom is 0.0543 e. The summed E-state index contributed by atoms with van der Waals surface area (Å²) in [5.74, 6) is 0.721. The minimum atomic E-state index is 0.721. The molecule has 0 saturated heterocycles. The Morgan fingerprint density at radius 3 is 2.64 bits per heavy atom. The molecule has 0 spiro atoms. The van der Waals surface area contributed by atoms with Gasteiger partial charge in [0, 0.05) is 19.3 Å². The zero-order valence-electron chi connectivity index (χ0n) is 9.40. The summed E-state index contributed by atoms with van der Waals surface area (Å²) in [4.78, 5) is 6.76. The summed E-state index contributed by atoms with van der Waals surface area (Å²) in [6, 6.07) is 6.09. The lowest BCUT2D eigenvalue weighted by Crippen LogP contribution is -2.27. The Bertz CT molecular complexity index is 244. The van der Waals surface area contributed by atoms with Crippen LogP contribution in [0.3, 0.4) is 0 Å². The van der Waals surface area contributed by atoms with Crippen LogP contribution in [0.4, 0.5) is 0 Å². The Hall–Kier alpha value is -0.890. The summed E-state index contributed by atoms with van der Waals surface area (Å²) < 4.78 is 0. The highest BCUT2D eigenvalue weighted by Gasteiger charge is 2.05. The second kappa shape index (κ2) is 5.76. The van der Waals surface area contributed by atoms with Crippen molar-refractivity contribution < 1.29 is 0 Å². The van der Waals surface area contributed by atoms with Gasteiger partial charge in [0.25, 0.3) is 0 Å². The molecule has 1 aromatic rings. The van der Waals surface area contributed by atoms with Gasteiger partial charge in [-0.1, -0.05) is 26.8 Å². The normalized spacial score (nSPS) is 11.2. The highest BCUT2D eigenvalue weighted by Crippen LogP contribution is 2.04. The Morgan fingerprint density at radius 1 is 1.36 bits per heavy atom. The molecule has 0 atom stereocenters. The molecule has 0 aliphatic carbocycles. The van der Waals surface area contributed by atoms with Crippen LogP contribution >= 0.6 is 0 Å². The summed E-state index contributed by atoms with van der Waals surface area (Å²) in [6.07, 6.45) is 1.86. The van der Waals surface area contributed by atoms with Crippen LogP contribution < -0.4 is 0 Å². The maximum absolute atomic E-state index is 4.33. The summed E-state index contributed by atoms with van der Waals surface area (Å²) >= 11 is 0. The Kier molecular flexibility index (Phi) is 4.60. The van der Waals surface area contributed by atoms with Crippen molar-refractivity contribution in [2.24, 2.45) is 5.92 Å². The lowest BCUT2D eigenvalue weighted by atomic mass is 10.2. The summed E-state index contributed by atoms with van der Waals surface area (Å²) in [7, 11) is 0. The van der Waals surface area contributed by atoms with Crippen LogP contribution in [0.5, 0.6) is 0 Å². The topological polar surface area (TPSA) is 16.1 Å². The van der Waals surface area contributed by atoms with E-state index in [0.717, 1.165) is 31.2 Å². The van der Waals surface area contributed by atoms with Crippen molar-refractivity contribution in [2.75, 3.05) is 13.1 Å². The number of nitrogens with zero attached hydrogens (tertiary/aromatic N) is 2. The molecule has 78 valence electrons. The average molecular weight is 192 g/mol. The molecule has 0 bridgehead atoms. The third kappa shape index (κ3) is 3.88. The van der Waals surface area contributed by atoms with E-state index in [0.29, 0.717) is 0 Å². The fourth-order valence-electron chi connectivity index (χ4n) is 1.54. The van der Waals surface area contributed by atoms with E-state index in [4.69, 9.17) is 0 Å². The van der Waals surface area contributed by atoms with Crippen LogP contribution in [0.1, 0.15) is 26.5 Å². The maximum atomic E-state index is 4.33. The van der Waals surface area contributed by atoms with Crippen LogP contribution in [0, 0.1) is 5.92 Å². The minimum absolute atomic E-state index is 0.721. The summed E-state index contributed by atoms with van der Waals surface area (Å²) in [6.45, 7) is 9.91. The van der Waals surface area contributed by atoms with E-state index in [9.17, 15) is 0 Å². The molecule has 1 rings (SSSR count). The molecular weight excluding hydrogens is 172 g/mol. The van der Waals surface area contributed by atoms with E-state index in [-0.39, 0.29) is 0 Å². The smallest absolute Gasteiger partial charge is 0.0543 e. The Labute approximate surface area is 87.0 Å². The summed E-state index contributed by atoms with van der Waals surface area (Å²) in [5, 5.41) is 0. The van der Waals surface area contributed by atoms with Gasteiger partial charge in [0.2, 0.25) is 0 Å². The first-order chi connectivity index (χ1) is 6.72. The van der Waals surface area contributed by atoms with Crippen LogP contribution in [-0.2, 0) is 6.54 Å². The van der Waals surface area contributed by atoms with Gasteiger partial charge in [0.15, 0.2) is 0 Å². The molecule has 0 N–H and O–H groups in total. The SMILES string of the molecule is CCN(Cc1ccccn1)CC(C)C. The van der Waals surface area contributed by atoms with E-state index in [1.807, 2.05) is 18.3 Å². The quantitative estimate of drug-likeness (QED) is 0.712. The van der Waals surface area contributed by atoms with Gasteiger partial charge in [-0.05, 0) is 24.6 Å². The van der Waals surface area contributed by atoms with Crippen molar-refractivity contribution in [2.45, 2.75) is 27.3 Å².